The Hall–Kier alpha value is -13.2. The number of ketones is 2. The van der Waals surface area contributed by atoms with Crippen LogP contribution < -0.4 is 97.0 Å². The minimum absolute atomic E-state index is 0.0151. The number of allylic oxidation sites excluding steroid dienone is 1. The SMILES string of the molecule is CCCC[C@H](NC(=O)[C@H](CO)NC(=O)[C@H](CC1=CCC=N1)NC(=O)[C@@H](CCC(N)=O)NC(=O)[C@H](CO)NC(=O)CNC(=O)COCCOCCNC(=O)CCCCCCCCCCCCCCCc1nnn[nH]1)C(=O)N[C@H]1CCC(=O)CCCCC[C@@H](C(C)=O)NC(=O)[C@H](Cc2c[nH]c3ccccc23)NC(=O)[C@H](CCCNC(=N)N)NC(=O)[C@@H](Cc2ccccc2)NC(=O)[C@H](CCCNC(N)=O)NC1=O. The van der Waals surface area contributed by atoms with Crippen molar-refractivity contribution < 1.29 is 101 Å². The maximum Gasteiger partial charge on any atom is 0.312 e. The Morgan fingerprint density at radius 3 is 1.72 bits per heavy atom. The molecule has 11 atom stereocenters. The highest BCUT2D eigenvalue weighted by Crippen LogP contribution is 2.23. The number of rotatable bonds is 60. The number of aryl methyl sites for hydroxylation is 1. The van der Waals surface area contributed by atoms with Gasteiger partial charge < -0.3 is 122 Å². The van der Waals surface area contributed by atoms with Crippen LogP contribution in [0.2, 0.25) is 0 Å². The number of ether oxygens (including phenoxy) is 2. The van der Waals surface area contributed by atoms with Gasteiger partial charge in [0.25, 0.3) is 0 Å². The number of urea groups is 1. The second-order valence-corrected chi connectivity index (χ2v) is 34.9. The van der Waals surface area contributed by atoms with Crippen molar-refractivity contribution in [3.63, 3.8) is 0 Å². The number of benzene rings is 2. The summed E-state index contributed by atoms with van der Waals surface area (Å²) in [4.78, 5) is 244. The number of primary amides is 2. The van der Waals surface area contributed by atoms with E-state index in [0.717, 1.165) is 55.3 Å². The average molecular weight is 1960 g/mol. The maximum atomic E-state index is 15.1. The van der Waals surface area contributed by atoms with Crippen molar-refractivity contribution in [3.05, 3.63) is 89.5 Å². The number of amides is 16. The number of fused-ring (bicyclic) bond motifs is 1. The summed E-state index contributed by atoms with van der Waals surface area (Å²) in [5.41, 5.74) is 18.6. The van der Waals surface area contributed by atoms with Gasteiger partial charge >= 0.3 is 6.03 Å². The molecule has 4 heterocycles. The number of Topliss-reactive ketones (excluding diaryl/α,β-unsaturated/α-hetero) is 2. The van der Waals surface area contributed by atoms with Crippen LogP contribution in [0.15, 0.2) is 77.6 Å². The molecule has 772 valence electrons. The number of para-hydroxylation sites is 1. The number of guanidine groups is 1. The van der Waals surface area contributed by atoms with Gasteiger partial charge in [-0.05, 0) is 105 Å². The molecule has 0 bridgehead atoms. The van der Waals surface area contributed by atoms with E-state index in [1.807, 2.05) is 18.2 Å². The predicted octanol–water partition coefficient (Wildman–Crippen LogP) is -0.428. The van der Waals surface area contributed by atoms with Gasteiger partial charge in [0, 0.05) is 106 Å². The molecule has 2 aliphatic rings. The fourth-order valence-corrected chi connectivity index (χ4v) is 15.6. The van der Waals surface area contributed by atoms with E-state index >= 15 is 14.4 Å². The quantitative estimate of drug-likeness (QED) is 0.0151. The van der Waals surface area contributed by atoms with Crippen molar-refractivity contribution >= 4 is 123 Å². The number of unbranched alkanes of at least 4 members (excludes halogenated alkanes) is 13. The number of carbonyl (C=O) groups is 17. The molecule has 0 saturated carbocycles. The van der Waals surface area contributed by atoms with E-state index in [2.05, 4.69) is 110 Å². The Morgan fingerprint density at radius 1 is 0.529 bits per heavy atom. The number of aliphatic hydroxyl groups excluding tert-OH is 2. The normalized spacial score (nSPS) is 18.0. The number of aliphatic hydroxyl groups is 2. The van der Waals surface area contributed by atoms with Gasteiger partial charge in [0.1, 0.15) is 78.6 Å². The summed E-state index contributed by atoms with van der Waals surface area (Å²) in [5.74, 6) is -13.3. The molecule has 0 radical (unpaired) electrons. The van der Waals surface area contributed by atoms with Crippen LogP contribution in [0, 0.1) is 5.41 Å². The maximum absolute atomic E-state index is 15.1. The second kappa shape index (κ2) is 66.4. The summed E-state index contributed by atoms with van der Waals surface area (Å²) >= 11 is 0. The molecule has 140 heavy (non-hydrogen) atoms. The lowest BCUT2D eigenvalue weighted by Gasteiger charge is -2.28. The van der Waals surface area contributed by atoms with Crippen LogP contribution in [0.25, 0.3) is 10.9 Å². The fourth-order valence-electron chi connectivity index (χ4n) is 15.6. The van der Waals surface area contributed by atoms with Gasteiger partial charge in [-0.1, -0.05) is 158 Å². The predicted molar refractivity (Wildman–Crippen MR) is 515 cm³/mol. The van der Waals surface area contributed by atoms with Gasteiger partial charge in [-0.2, -0.15) is 0 Å². The highest BCUT2D eigenvalue weighted by atomic mass is 16.5. The minimum atomic E-state index is -1.91. The Balaban J connectivity index is 1.09. The van der Waals surface area contributed by atoms with Crippen molar-refractivity contribution in [2.75, 3.05) is 65.8 Å². The third-order valence-electron chi connectivity index (χ3n) is 23.5. The number of nitrogens with two attached hydrogens (primary N) is 3. The molecule has 0 aliphatic carbocycles. The lowest BCUT2D eigenvalue weighted by atomic mass is 9.99. The van der Waals surface area contributed by atoms with Crippen LogP contribution in [0.5, 0.6) is 0 Å². The average Bonchev–Trinajstić information content (AvgIpc) is 1.69. The van der Waals surface area contributed by atoms with Crippen molar-refractivity contribution in [2.45, 2.75) is 305 Å². The van der Waals surface area contributed by atoms with Crippen molar-refractivity contribution in [2.24, 2.45) is 22.2 Å². The Morgan fingerprint density at radius 2 is 1.10 bits per heavy atom. The van der Waals surface area contributed by atoms with E-state index in [9.17, 15) is 77.3 Å². The zero-order valence-corrected chi connectivity index (χ0v) is 80.3. The molecule has 2 aliphatic heterocycles. The van der Waals surface area contributed by atoms with Crippen LogP contribution in [0.1, 0.15) is 236 Å². The number of hydrogen-bond donors (Lipinski definition) is 23. The highest BCUT2D eigenvalue weighted by molar-refractivity contribution is 6.01. The number of tetrazole rings is 1. The zero-order valence-electron chi connectivity index (χ0n) is 80.3. The molecule has 46 nitrogen and oxygen atoms in total. The molecular weight excluding hydrogens is 1820 g/mol. The third-order valence-corrected chi connectivity index (χ3v) is 23.5. The Bertz CT molecular complexity index is 4690. The number of carbonyl (C=O) groups excluding carboxylic acids is 17. The summed E-state index contributed by atoms with van der Waals surface area (Å²) in [6.45, 7) is 0.115. The van der Waals surface area contributed by atoms with Crippen molar-refractivity contribution in [1.29, 1.82) is 5.41 Å². The lowest BCUT2D eigenvalue weighted by molar-refractivity contribution is -0.137. The van der Waals surface area contributed by atoms with Gasteiger partial charge in [0.15, 0.2) is 11.7 Å². The first-order chi connectivity index (χ1) is 67.4. The van der Waals surface area contributed by atoms with E-state index in [-0.39, 0.29) is 140 Å². The first kappa shape index (κ1) is 115. The number of aliphatic imine (C=N–C) groups is 1. The molecule has 16 amide bonds. The van der Waals surface area contributed by atoms with Crippen LogP contribution in [0.3, 0.4) is 0 Å². The third kappa shape index (κ3) is 46.5. The topological polar surface area (TPSA) is 714 Å². The summed E-state index contributed by atoms with van der Waals surface area (Å²) in [7, 11) is 0. The summed E-state index contributed by atoms with van der Waals surface area (Å²) < 4.78 is 10.8. The second-order valence-electron chi connectivity index (χ2n) is 34.9. The smallest absolute Gasteiger partial charge is 0.312 e. The molecule has 1 saturated heterocycles. The molecule has 2 aromatic carbocycles. The molecule has 6 rings (SSSR count). The fraction of sp³-hybridized carbons (Fsp3) is 0.617. The van der Waals surface area contributed by atoms with Gasteiger partial charge in [-0.15, -0.1) is 5.10 Å². The van der Waals surface area contributed by atoms with E-state index in [0.29, 0.717) is 43.2 Å². The molecule has 46 heteroatoms. The van der Waals surface area contributed by atoms with E-state index in [1.165, 1.54) is 64.5 Å². The molecular formula is C94H145N25O21. The molecule has 0 unspecified atom stereocenters. The number of aromatic amines is 2. The lowest BCUT2D eigenvalue weighted by Crippen LogP contribution is -2.61. The Kier molecular flexibility index (Phi) is 54.7. The molecule has 2 aromatic heterocycles. The molecule has 4 aromatic rings. The number of aromatic nitrogens is 5. The van der Waals surface area contributed by atoms with Gasteiger partial charge in [0.05, 0.1) is 45.6 Å². The van der Waals surface area contributed by atoms with Crippen molar-refractivity contribution in [1.82, 2.24) is 105 Å². The number of nitrogens with zero attached hydrogens (tertiary/aromatic N) is 4. The number of hydrogen-bond acceptors (Lipinski definition) is 26. The van der Waals surface area contributed by atoms with Gasteiger partial charge in [-0.3, -0.25) is 87.1 Å². The van der Waals surface area contributed by atoms with Crippen LogP contribution in [-0.4, -0.2) is 281 Å². The molecule has 1 fully saturated rings. The Labute approximate surface area is 814 Å². The van der Waals surface area contributed by atoms with Gasteiger partial charge in [0.2, 0.25) is 82.7 Å². The van der Waals surface area contributed by atoms with E-state index in [4.69, 9.17) is 32.1 Å². The van der Waals surface area contributed by atoms with Crippen LogP contribution >= 0.6 is 0 Å². The van der Waals surface area contributed by atoms with E-state index < -0.39 is 206 Å². The first-order valence-corrected chi connectivity index (χ1v) is 48.6. The highest BCUT2D eigenvalue weighted by Gasteiger charge is 2.38. The summed E-state index contributed by atoms with van der Waals surface area (Å²) in [6, 6.07) is -2.72. The van der Waals surface area contributed by atoms with Crippen molar-refractivity contribution in [3.8, 4) is 0 Å². The summed E-state index contributed by atoms with van der Waals surface area (Å²) in [6.07, 6.45) is 19.8. The largest absolute Gasteiger partial charge is 0.394 e. The first-order valence-electron chi connectivity index (χ1n) is 48.6. The molecule has 0 spiro atoms. The van der Waals surface area contributed by atoms with Crippen LogP contribution in [0.4, 0.5) is 4.79 Å². The number of H-pyrrole nitrogens is 2. The monoisotopic (exact) mass is 1960 g/mol. The summed E-state index contributed by atoms with van der Waals surface area (Å²) in [5, 5.41) is 82.2. The standard InChI is InChI=1S/C94H145N25O21/c1-3-4-34-68(109-92(137)77(58-121)115-90(135)75(54-63-31-26-45-99-63)114-87(132)72(43-44-78(95)124)111-91(136)76(57-120)105-81(126)56-104-82(127)59-140-51-50-139-49-48-100-80(125)40-23-15-13-11-9-7-5-6-8-10-12-14-22-39-79-116-118-119-117-79)83(128)110-71-42-41-64(123)32-20-17-21-35-66(60(2)122)106-89(134)74(53-62-55-103-67-36-25-24-33-65(62)67)113-85(130)70(37-27-46-101-93(96)97)108-88(133)73(52-61-29-18-16-19-30-61)112-84(129)69(107-86(71)131)38-28-47-102-94(98)138/h16,18-19,24-25,29-31,33,36,45,55,66,68-77,103,120-121H,3-15,17,20-23,26-28,32,34-35,37-44,46-54,56-59H2,1-2H3,(H2,95,124)(H,100,125)(H,104,127)(H,105,126)(H,106,134)(H,107,131)(H,108,133)(H,109,137)(H,110,128)(H,111,136)(H,112,129)(H,113,130)(H,114,132)(H,115,135)(H4,96,97,101)(H3,98,102,138)(H,116,117,118,119)/t66-,68-,69-,70-,71-,72+,73+,74-,75-,76-,77-/m0/s1. The van der Waals surface area contributed by atoms with Gasteiger partial charge in [-0.25, -0.2) is 9.89 Å². The number of nitrogens with one attached hydrogen (secondary N) is 18. The van der Waals surface area contributed by atoms with E-state index in [1.54, 1.807) is 55.6 Å². The minimum Gasteiger partial charge on any atom is -0.394 e. The van der Waals surface area contributed by atoms with Crippen LogP contribution in [-0.2, 0) is 105 Å². The molecule has 26 N–H and O–H groups in total. The zero-order chi connectivity index (χ0) is 102.